The lowest BCUT2D eigenvalue weighted by molar-refractivity contribution is -0.140. The average molecular weight is 215 g/mol. The summed E-state index contributed by atoms with van der Waals surface area (Å²) in [6.07, 6.45) is 1.23. The molecule has 0 aliphatic carbocycles. The number of amides is 1. The molecule has 0 spiro atoms. The minimum atomic E-state index is 0.0138. The predicted molar refractivity (Wildman–Crippen MR) is 57.5 cm³/mol. The van der Waals surface area contributed by atoms with Gasteiger partial charge < -0.3 is 14.7 Å². The summed E-state index contributed by atoms with van der Waals surface area (Å²) in [5, 5.41) is 8.81. The minimum Gasteiger partial charge on any atom is -0.396 e. The van der Waals surface area contributed by atoms with Gasteiger partial charge in [-0.25, -0.2) is 0 Å². The second-order valence-corrected chi connectivity index (χ2v) is 4.44. The fourth-order valence-electron chi connectivity index (χ4n) is 1.74. The molecule has 1 aliphatic rings. The number of carbonyl (C=O) groups excluding carboxylic acids is 1. The van der Waals surface area contributed by atoms with Crippen LogP contribution >= 0.6 is 0 Å². The van der Waals surface area contributed by atoms with Crippen LogP contribution < -0.4 is 0 Å². The van der Waals surface area contributed by atoms with Crippen LogP contribution in [0, 0.1) is 5.92 Å². The van der Waals surface area contributed by atoms with Gasteiger partial charge >= 0.3 is 0 Å². The maximum Gasteiger partial charge on any atom is 0.222 e. The van der Waals surface area contributed by atoms with E-state index in [0.717, 1.165) is 0 Å². The molecule has 0 saturated carbocycles. The van der Waals surface area contributed by atoms with Crippen molar-refractivity contribution in [3.63, 3.8) is 0 Å². The first-order chi connectivity index (χ1) is 7.13. The van der Waals surface area contributed by atoms with Crippen molar-refractivity contribution in [2.45, 2.75) is 32.8 Å². The lowest BCUT2D eigenvalue weighted by Crippen LogP contribution is -2.46. The SMILES string of the molecule is CC(C)CC(=O)N1CCOC(CCO)C1. The van der Waals surface area contributed by atoms with Crippen LogP contribution in [0.4, 0.5) is 0 Å². The maximum atomic E-state index is 11.8. The zero-order chi connectivity index (χ0) is 11.3. The summed E-state index contributed by atoms with van der Waals surface area (Å²) in [6, 6.07) is 0. The summed E-state index contributed by atoms with van der Waals surface area (Å²) in [4.78, 5) is 13.6. The van der Waals surface area contributed by atoms with Gasteiger partial charge in [0.1, 0.15) is 0 Å². The van der Waals surface area contributed by atoms with Crippen LogP contribution in [0.1, 0.15) is 26.7 Å². The lowest BCUT2D eigenvalue weighted by atomic mass is 10.1. The molecule has 0 aromatic carbocycles. The van der Waals surface area contributed by atoms with Crippen molar-refractivity contribution in [1.82, 2.24) is 4.90 Å². The van der Waals surface area contributed by atoms with Gasteiger partial charge in [0.2, 0.25) is 5.91 Å². The second kappa shape index (κ2) is 6.08. The number of hydrogen-bond donors (Lipinski definition) is 1. The Bertz CT molecular complexity index is 204. The monoisotopic (exact) mass is 215 g/mol. The topological polar surface area (TPSA) is 49.8 Å². The lowest BCUT2D eigenvalue weighted by Gasteiger charge is -2.33. The summed E-state index contributed by atoms with van der Waals surface area (Å²) in [5.74, 6) is 0.605. The van der Waals surface area contributed by atoms with Crippen LogP contribution in [0.25, 0.3) is 0 Å². The van der Waals surface area contributed by atoms with Crippen LogP contribution in [-0.2, 0) is 9.53 Å². The third-order valence-electron chi connectivity index (χ3n) is 2.53. The molecule has 1 aliphatic heterocycles. The molecule has 0 radical (unpaired) electrons. The van der Waals surface area contributed by atoms with Crippen molar-refractivity contribution in [3.05, 3.63) is 0 Å². The molecule has 0 aromatic heterocycles. The highest BCUT2D eigenvalue weighted by Gasteiger charge is 2.23. The Balaban J connectivity index is 2.38. The number of nitrogens with zero attached hydrogens (tertiary/aromatic N) is 1. The zero-order valence-corrected chi connectivity index (χ0v) is 9.61. The fraction of sp³-hybridized carbons (Fsp3) is 0.909. The first-order valence-corrected chi connectivity index (χ1v) is 5.63. The van der Waals surface area contributed by atoms with Crippen molar-refractivity contribution in [1.29, 1.82) is 0 Å². The summed E-state index contributed by atoms with van der Waals surface area (Å²) in [6.45, 7) is 6.12. The van der Waals surface area contributed by atoms with Crippen LogP contribution in [0.15, 0.2) is 0 Å². The Morgan fingerprint density at radius 1 is 1.60 bits per heavy atom. The minimum absolute atomic E-state index is 0.0138. The molecule has 1 atom stereocenters. The zero-order valence-electron chi connectivity index (χ0n) is 9.61. The van der Waals surface area contributed by atoms with Gasteiger partial charge in [-0.15, -0.1) is 0 Å². The Labute approximate surface area is 91.2 Å². The molecule has 15 heavy (non-hydrogen) atoms. The van der Waals surface area contributed by atoms with Crippen LogP contribution in [0.2, 0.25) is 0 Å². The molecule has 88 valence electrons. The molecule has 1 fully saturated rings. The molecule has 1 unspecified atom stereocenters. The molecular formula is C11H21NO3. The van der Waals surface area contributed by atoms with Crippen LogP contribution in [0.5, 0.6) is 0 Å². The van der Waals surface area contributed by atoms with E-state index in [9.17, 15) is 4.79 Å². The highest BCUT2D eigenvalue weighted by molar-refractivity contribution is 5.76. The van der Waals surface area contributed by atoms with E-state index in [2.05, 4.69) is 0 Å². The van der Waals surface area contributed by atoms with Gasteiger partial charge in [0, 0.05) is 26.1 Å². The van der Waals surface area contributed by atoms with Crippen molar-refractivity contribution < 1.29 is 14.6 Å². The standard InChI is InChI=1S/C11H21NO3/c1-9(2)7-11(14)12-4-6-15-10(8-12)3-5-13/h9-10,13H,3-8H2,1-2H3. The summed E-state index contributed by atoms with van der Waals surface area (Å²) < 4.78 is 5.45. The number of ether oxygens (including phenoxy) is 1. The van der Waals surface area contributed by atoms with Crippen molar-refractivity contribution >= 4 is 5.91 Å². The second-order valence-electron chi connectivity index (χ2n) is 4.44. The van der Waals surface area contributed by atoms with E-state index in [1.54, 1.807) is 0 Å². The number of carbonyl (C=O) groups is 1. The first-order valence-electron chi connectivity index (χ1n) is 5.63. The van der Waals surface area contributed by atoms with Gasteiger partial charge in [-0.3, -0.25) is 4.79 Å². The predicted octanol–water partition coefficient (Wildman–Crippen LogP) is 0.642. The number of morpholine rings is 1. The third kappa shape index (κ3) is 4.18. The molecule has 4 nitrogen and oxygen atoms in total. The smallest absolute Gasteiger partial charge is 0.222 e. The Morgan fingerprint density at radius 2 is 2.33 bits per heavy atom. The first kappa shape index (κ1) is 12.5. The van der Waals surface area contributed by atoms with Gasteiger partial charge in [0.15, 0.2) is 0 Å². The van der Waals surface area contributed by atoms with E-state index in [1.165, 1.54) is 0 Å². The fourth-order valence-corrected chi connectivity index (χ4v) is 1.74. The van der Waals surface area contributed by atoms with E-state index >= 15 is 0 Å². The quantitative estimate of drug-likeness (QED) is 0.749. The molecule has 1 amide bonds. The molecule has 1 heterocycles. The number of hydrogen-bond acceptors (Lipinski definition) is 3. The normalized spacial score (nSPS) is 22.1. The van der Waals surface area contributed by atoms with Crippen molar-refractivity contribution in [3.8, 4) is 0 Å². The van der Waals surface area contributed by atoms with E-state index in [0.29, 0.717) is 38.5 Å². The van der Waals surface area contributed by atoms with Gasteiger partial charge in [-0.1, -0.05) is 13.8 Å². The molecule has 1 saturated heterocycles. The summed E-state index contributed by atoms with van der Waals surface area (Å²) in [7, 11) is 0. The van der Waals surface area contributed by atoms with Gasteiger partial charge in [0.25, 0.3) is 0 Å². The van der Waals surface area contributed by atoms with Crippen molar-refractivity contribution in [2.24, 2.45) is 5.92 Å². The highest BCUT2D eigenvalue weighted by Crippen LogP contribution is 2.11. The third-order valence-corrected chi connectivity index (χ3v) is 2.53. The Kier molecular flexibility index (Phi) is 5.05. The molecule has 0 aromatic rings. The van der Waals surface area contributed by atoms with Gasteiger partial charge in [-0.2, -0.15) is 0 Å². The van der Waals surface area contributed by atoms with Gasteiger partial charge in [-0.05, 0) is 12.3 Å². The van der Waals surface area contributed by atoms with E-state index in [1.807, 2.05) is 18.7 Å². The van der Waals surface area contributed by atoms with E-state index in [4.69, 9.17) is 9.84 Å². The molecule has 0 bridgehead atoms. The Morgan fingerprint density at radius 3 is 2.93 bits per heavy atom. The summed E-state index contributed by atoms with van der Waals surface area (Å²) >= 11 is 0. The molecule has 1 rings (SSSR count). The van der Waals surface area contributed by atoms with E-state index < -0.39 is 0 Å². The number of aliphatic hydroxyl groups excluding tert-OH is 1. The maximum absolute atomic E-state index is 11.8. The Hall–Kier alpha value is -0.610. The van der Waals surface area contributed by atoms with Crippen LogP contribution in [-0.4, -0.2) is 48.3 Å². The van der Waals surface area contributed by atoms with Gasteiger partial charge in [0.05, 0.1) is 12.7 Å². The number of rotatable bonds is 4. The molecule has 4 heteroatoms. The molecular weight excluding hydrogens is 194 g/mol. The number of aliphatic hydroxyl groups is 1. The molecule has 1 N–H and O–H groups in total. The average Bonchev–Trinajstić information content (AvgIpc) is 2.17. The van der Waals surface area contributed by atoms with Crippen LogP contribution in [0.3, 0.4) is 0 Å². The van der Waals surface area contributed by atoms with Crippen molar-refractivity contribution in [2.75, 3.05) is 26.3 Å². The highest BCUT2D eigenvalue weighted by atomic mass is 16.5. The summed E-state index contributed by atoms with van der Waals surface area (Å²) in [5.41, 5.74) is 0. The largest absolute Gasteiger partial charge is 0.396 e. The van der Waals surface area contributed by atoms with E-state index in [-0.39, 0.29) is 18.6 Å².